The number of carbonyl (C=O) groups excluding carboxylic acids is 1. The summed E-state index contributed by atoms with van der Waals surface area (Å²) in [7, 11) is 0. The molecule has 0 unspecified atom stereocenters. The van der Waals surface area contributed by atoms with Crippen LogP contribution in [0.4, 0.5) is 0 Å². The van der Waals surface area contributed by atoms with Gasteiger partial charge in [0.2, 0.25) is 0 Å². The minimum atomic E-state index is -0.470. The SMILES string of the molecule is CCN(CC)CCCn1ccc(C(N)=O)n1. The fraction of sp³-hybridized carbons (Fsp3) is 0.636. The molecule has 0 saturated carbocycles. The van der Waals surface area contributed by atoms with E-state index in [9.17, 15) is 4.79 Å². The van der Waals surface area contributed by atoms with Crippen molar-refractivity contribution in [2.75, 3.05) is 19.6 Å². The second kappa shape index (κ2) is 6.27. The average molecular weight is 224 g/mol. The Morgan fingerprint density at radius 3 is 2.69 bits per heavy atom. The highest BCUT2D eigenvalue weighted by Crippen LogP contribution is 1.97. The molecule has 16 heavy (non-hydrogen) atoms. The van der Waals surface area contributed by atoms with Crippen molar-refractivity contribution in [3.8, 4) is 0 Å². The van der Waals surface area contributed by atoms with Crippen molar-refractivity contribution in [3.05, 3.63) is 18.0 Å². The number of amides is 1. The summed E-state index contributed by atoms with van der Waals surface area (Å²) in [6, 6.07) is 1.65. The molecule has 0 aliphatic carbocycles. The lowest BCUT2D eigenvalue weighted by Gasteiger charge is -2.17. The topological polar surface area (TPSA) is 64.2 Å². The van der Waals surface area contributed by atoms with E-state index in [2.05, 4.69) is 23.8 Å². The second-order valence-corrected chi connectivity index (χ2v) is 3.71. The van der Waals surface area contributed by atoms with Crippen molar-refractivity contribution in [1.82, 2.24) is 14.7 Å². The summed E-state index contributed by atoms with van der Waals surface area (Å²) < 4.78 is 1.77. The predicted octanol–water partition coefficient (Wildman–Crippen LogP) is 0.714. The molecular formula is C11H20N4O. The zero-order valence-corrected chi connectivity index (χ0v) is 10.0. The van der Waals surface area contributed by atoms with Gasteiger partial charge in [0.25, 0.3) is 5.91 Å². The van der Waals surface area contributed by atoms with Crippen LogP contribution in [0.3, 0.4) is 0 Å². The fourth-order valence-corrected chi connectivity index (χ4v) is 1.61. The third-order valence-corrected chi connectivity index (χ3v) is 2.65. The highest BCUT2D eigenvalue weighted by atomic mass is 16.1. The van der Waals surface area contributed by atoms with Gasteiger partial charge in [-0.2, -0.15) is 5.10 Å². The lowest BCUT2D eigenvalue weighted by Crippen LogP contribution is -2.25. The van der Waals surface area contributed by atoms with Crippen LogP contribution in [-0.2, 0) is 6.54 Å². The van der Waals surface area contributed by atoms with E-state index in [4.69, 9.17) is 5.73 Å². The van der Waals surface area contributed by atoms with Crippen molar-refractivity contribution in [1.29, 1.82) is 0 Å². The summed E-state index contributed by atoms with van der Waals surface area (Å²) in [6.45, 7) is 8.33. The number of aryl methyl sites for hydroxylation is 1. The van der Waals surface area contributed by atoms with Crippen LogP contribution < -0.4 is 5.73 Å². The molecule has 0 fully saturated rings. The number of aromatic nitrogens is 2. The fourth-order valence-electron chi connectivity index (χ4n) is 1.61. The first-order valence-electron chi connectivity index (χ1n) is 5.73. The molecule has 2 N–H and O–H groups in total. The molecule has 1 heterocycles. The molecule has 1 amide bonds. The van der Waals surface area contributed by atoms with E-state index in [1.165, 1.54) is 0 Å². The van der Waals surface area contributed by atoms with Crippen LogP contribution in [0, 0.1) is 0 Å². The number of hydrogen-bond acceptors (Lipinski definition) is 3. The average Bonchev–Trinajstić information content (AvgIpc) is 2.73. The molecule has 5 heteroatoms. The molecule has 0 bridgehead atoms. The normalized spacial score (nSPS) is 10.9. The van der Waals surface area contributed by atoms with Gasteiger partial charge in [0.1, 0.15) is 5.69 Å². The summed E-state index contributed by atoms with van der Waals surface area (Å²) in [5.74, 6) is -0.470. The molecule has 1 aromatic heterocycles. The summed E-state index contributed by atoms with van der Waals surface area (Å²) in [4.78, 5) is 13.2. The molecule has 1 rings (SSSR count). The first kappa shape index (κ1) is 12.7. The Balaban J connectivity index is 2.34. The van der Waals surface area contributed by atoms with Crippen molar-refractivity contribution < 1.29 is 4.79 Å². The molecule has 0 spiro atoms. The molecule has 0 radical (unpaired) electrons. The van der Waals surface area contributed by atoms with Gasteiger partial charge in [0, 0.05) is 12.7 Å². The Hall–Kier alpha value is -1.36. The summed E-state index contributed by atoms with van der Waals surface area (Å²) in [6.07, 6.45) is 2.82. The van der Waals surface area contributed by atoms with E-state index in [0.717, 1.165) is 32.6 Å². The maximum atomic E-state index is 10.8. The monoisotopic (exact) mass is 224 g/mol. The molecule has 90 valence electrons. The van der Waals surface area contributed by atoms with Crippen LogP contribution in [-0.4, -0.2) is 40.2 Å². The Morgan fingerprint density at radius 2 is 2.19 bits per heavy atom. The third-order valence-electron chi connectivity index (χ3n) is 2.65. The van der Waals surface area contributed by atoms with Crippen LogP contribution >= 0.6 is 0 Å². The van der Waals surface area contributed by atoms with Crippen LogP contribution in [0.25, 0.3) is 0 Å². The summed E-state index contributed by atoms with van der Waals surface area (Å²) in [5, 5.41) is 4.08. The van der Waals surface area contributed by atoms with Gasteiger partial charge in [-0.15, -0.1) is 0 Å². The standard InChI is InChI=1S/C11H20N4O/c1-3-14(4-2)7-5-8-15-9-6-10(13-15)11(12)16/h6,9H,3-5,7-8H2,1-2H3,(H2,12,16). The van der Waals surface area contributed by atoms with E-state index < -0.39 is 5.91 Å². The van der Waals surface area contributed by atoms with Gasteiger partial charge in [0.15, 0.2) is 0 Å². The first-order chi connectivity index (χ1) is 7.67. The lowest BCUT2D eigenvalue weighted by atomic mass is 10.3. The van der Waals surface area contributed by atoms with Gasteiger partial charge < -0.3 is 10.6 Å². The van der Waals surface area contributed by atoms with Crippen LogP contribution in [0.15, 0.2) is 12.3 Å². The molecule has 0 aromatic carbocycles. The molecule has 0 saturated heterocycles. The van der Waals surface area contributed by atoms with Crippen molar-refractivity contribution in [3.63, 3.8) is 0 Å². The summed E-state index contributed by atoms with van der Waals surface area (Å²) in [5.41, 5.74) is 5.46. The van der Waals surface area contributed by atoms with E-state index in [1.54, 1.807) is 16.9 Å². The van der Waals surface area contributed by atoms with Crippen LogP contribution in [0.1, 0.15) is 30.8 Å². The third kappa shape index (κ3) is 3.66. The lowest BCUT2D eigenvalue weighted by molar-refractivity contribution is 0.0994. The Bertz CT molecular complexity index is 330. The van der Waals surface area contributed by atoms with Gasteiger partial charge >= 0.3 is 0 Å². The zero-order valence-electron chi connectivity index (χ0n) is 10.0. The Labute approximate surface area is 96.2 Å². The quantitative estimate of drug-likeness (QED) is 0.742. The Morgan fingerprint density at radius 1 is 1.50 bits per heavy atom. The molecule has 0 aliphatic heterocycles. The number of hydrogen-bond donors (Lipinski definition) is 1. The van der Waals surface area contributed by atoms with Crippen molar-refractivity contribution in [2.24, 2.45) is 5.73 Å². The smallest absolute Gasteiger partial charge is 0.269 e. The molecule has 5 nitrogen and oxygen atoms in total. The highest BCUT2D eigenvalue weighted by molar-refractivity contribution is 5.90. The van der Waals surface area contributed by atoms with Crippen molar-refractivity contribution >= 4 is 5.91 Å². The summed E-state index contributed by atoms with van der Waals surface area (Å²) >= 11 is 0. The number of rotatable bonds is 7. The van der Waals surface area contributed by atoms with Gasteiger partial charge in [-0.1, -0.05) is 13.8 Å². The van der Waals surface area contributed by atoms with E-state index in [0.29, 0.717) is 5.69 Å². The maximum absolute atomic E-state index is 10.8. The molecule has 1 aromatic rings. The number of nitrogens with two attached hydrogens (primary N) is 1. The van der Waals surface area contributed by atoms with Crippen LogP contribution in [0.5, 0.6) is 0 Å². The predicted molar refractivity (Wildman–Crippen MR) is 63.1 cm³/mol. The van der Waals surface area contributed by atoms with Gasteiger partial charge in [0.05, 0.1) is 0 Å². The highest BCUT2D eigenvalue weighted by Gasteiger charge is 2.04. The first-order valence-corrected chi connectivity index (χ1v) is 5.73. The minimum absolute atomic E-state index is 0.336. The number of primary amides is 1. The molecule has 0 atom stereocenters. The van der Waals surface area contributed by atoms with E-state index >= 15 is 0 Å². The van der Waals surface area contributed by atoms with Gasteiger partial charge in [-0.25, -0.2) is 0 Å². The van der Waals surface area contributed by atoms with E-state index in [1.807, 2.05) is 0 Å². The van der Waals surface area contributed by atoms with Gasteiger partial charge in [-0.3, -0.25) is 9.48 Å². The zero-order chi connectivity index (χ0) is 12.0. The number of carbonyl (C=O) groups is 1. The Kier molecular flexibility index (Phi) is 4.98. The second-order valence-electron chi connectivity index (χ2n) is 3.71. The maximum Gasteiger partial charge on any atom is 0.269 e. The molecule has 0 aliphatic rings. The largest absolute Gasteiger partial charge is 0.364 e. The van der Waals surface area contributed by atoms with E-state index in [-0.39, 0.29) is 0 Å². The minimum Gasteiger partial charge on any atom is -0.364 e. The van der Waals surface area contributed by atoms with Gasteiger partial charge in [-0.05, 0) is 32.1 Å². The van der Waals surface area contributed by atoms with Crippen LogP contribution in [0.2, 0.25) is 0 Å². The molecular weight excluding hydrogens is 204 g/mol. The number of nitrogens with zero attached hydrogens (tertiary/aromatic N) is 3. The van der Waals surface area contributed by atoms with Crippen molar-refractivity contribution in [2.45, 2.75) is 26.8 Å².